The van der Waals surface area contributed by atoms with Gasteiger partial charge in [0.25, 0.3) is 11.8 Å². The van der Waals surface area contributed by atoms with E-state index < -0.39 is 18.1 Å². The molecule has 3 aliphatic rings. The summed E-state index contributed by atoms with van der Waals surface area (Å²) < 4.78 is 0. The predicted octanol–water partition coefficient (Wildman–Crippen LogP) is 6.02. The van der Waals surface area contributed by atoms with Crippen molar-refractivity contribution in [2.45, 2.75) is 63.6 Å². The highest BCUT2D eigenvalue weighted by atomic mass is 16.2. The maximum absolute atomic E-state index is 14.3. The first-order chi connectivity index (χ1) is 19.5. The average Bonchev–Trinajstić information content (AvgIpc) is 3.47. The topological polar surface area (TPSA) is 85.5 Å². The van der Waals surface area contributed by atoms with Crippen LogP contribution in [0.4, 0.5) is 10.5 Å². The van der Waals surface area contributed by atoms with E-state index in [0.717, 1.165) is 59.0 Å². The van der Waals surface area contributed by atoms with Gasteiger partial charge in [-0.3, -0.25) is 14.5 Å². The molecule has 0 bridgehead atoms. The molecule has 2 atom stereocenters. The molecule has 40 heavy (non-hydrogen) atoms. The summed E-state index contributed by atoms with van der Waals surface area (Å²) in [6, 6.07) is 21.8. The van der Waals surface area contributed by atoms with Crippen molar-refractivity contribution in [2.75, 3.05) is 4.90 Å². The summed E-state index contributed by atoms with van der Waals surface area (Å²) in [4.78, 5) is 48.4. The molecule has 3 aromatic carbocycles. The first-order valence-corrected chi connectivity index (χ1v) is 14.2. The van der Waals surface area contributed by atoms with E-state index in [9.17, 15) is 14.4 Å². The van der Waals surface area contributed by atoms with Gasteiger partial charge < -0.3 is 10.3 Å². The highest BCUT2D eigenvalue weighted by molar-refractivity contribution is 6.24. The normalized spacial score (nSPS) is 21.0. The van der Waals surface area contributed by atoms with Crippen LogP contribution in [0.1, 0.15) is 70.9 Å². The Kier molecular flexibility index (Phi) is 5.95. The minimum absolute atomic E-state index is 0.120. The summed E-state index contributed by atoms with van der Waals surface area (Å²) in [7, 11) is 0. The van der Waals surface area contributed by atoms with Gasteiger partial charge >= 0.3 is 6.03 Å². The molecular weight excluding hydrogens is 500 g/mol. The number of hydrogen-bond acceptors (Lipinski definition) is 3. The molecule has 7 heteroatoms. The van der Waals surface area contributed by atoms with Crippen LogP contribution in [0.3, 0.4) is 0 Å². The summed E-state index contributed by atoms with van der Waals surface area (Å²) >= 11 is 0. The Morgan fingerprint density at radius 2 is 1.62 bits per heavy atom. The number of imide groups is 1. The number of H-pyrrole nitrogens is 1. The molecule has 1 saturated carbocycles. The molecule has 0 radical (unpaired) electrons. The fraction of sp³-hybridized carbons (Fsp3) is 0.303. The van der Waals surface area contributed by atoms with Crippen LogP contribution < -0.4 is 10.2 Å². The number of nitrogens with one attached hydrogen (secondary N) is 2. The van der Waals surface area contributed by atoms with E-state index in [1.54, 1.807) is 29.2 Å². The summed E-state index contributed by atoms with van der Waals surface area (Å²) in [6.07, 6.45) is 5.71. The molecule has 7 rings (SSSR count). The van der Waals surface area contributed by atoms with Gasteiger partial charge in [-0.2, -0.15) is 0 Å². The second kappa shape index (κ2) is 9.66. The third kappa shape index (κ3) is 3.91. The molecule has 2 unspecified atom stereocenters. The molecule has 0 spiro atoms. The van der Waals surface area contributed by atoms with E-state index in [2.05, 4.69) is 16.4 Å². The van der Waals surface area contributed by atoms with E-state index in [0.29, 0.717) is 17.7 Å². The number of anilines is 1. The van der Waals surface area contributed by atoms with Gasteiger partial charge in [-0.1, -0.05) is 79.4 Å². The lowest BCUT2D eigenvalue weighted by atomic mass is 9.88. The van der Waals surface area contributed by atoms with Gasteiger partial charge in [0.1, 0.15) is 12.1 Å². The summed E-state index contributed by atoms with van der Waals surface area (Å²) in [5, 5.41) is 4.22. The Balaban J connectivity index is 1.30. The van der Waals surface area contributed by atoms with Crippen LogP contribution in [0.15, 0.2) is 72.8 Å². The Hall–Kier alpha value is -4.39. The van der Waals surface area contributed by atoms with Crippen molar-refractivity contribution in [3.63, 3.8) is 0 Å². The van der Waals surface area contributed by atoms with Gasteiger partial charge in [-0.25, -0.2) is 9.69 Å². The first-order valence-electron chi connectivity index (χ1n) is 14.2. The largest absolute Gasteiger partial charge is 0.356 e. The van der Waals surface area contributed by atoms with Crippen molar-refractivity contribution < 1.29 is 14.4 Å². The van der Waals surface area contributed by atoms with Crippen LogP contribution in [0.25, 0.3) is 10.9 Å². The monoisotopic (exact) mass is 532 g/mol. The maximum Gasteiger partial charge on any atom is 0.332 e. The van der Waals surface area contributed by atoms with Crippen molar-refractivity contribution in [3.8, 4) is 0 Å². The predicted molar refractivity (Wildman–Crippen MR) is 154 cm³/mol. The highest BCUT2D eigenvalue weighted by Gasteiger charge is 2.53. The fourth-order valence-corrected chi connectivity index (χ4v) is 6.76. The zero-order valence-electron chi connectivity index (χ0n) is 22.5. The van der Waals surface area contributed by atoms with Crippen LogP contribution >= 0.6 is 0 Å². The molecule has 4 amide bonds. The lowest BCUT2D eigenvalue weighted by Gasteiger charge is -2.36. The van der Waals surface area contributed by atoms with Crippen LogP contribution in [0, 0.1) is 6.92 Å². The van der Waals surface area contributed by atoms with Gasteiger partial charge in [0.05, 0.1) is 11.3 Å². The average molecular weight is 533 g/mol. The van der Waals surface area contributed by atoms with Gasteiger partial charge in [-0.15, -0.1) is 0 Å². The van der Waals surface area contributed by atoms with E-state index in [-0.39, 0.29) is 17.9 Å². The molecule has 202 valence electrons. The molecule has 1 aromatic heterocycles. The lowest BCUT2D eigenvalue weighted by molar-refractivity contribution is -0.120. The van der Waals surface area contributed by atoms with Crippen molar-refractivity contribution in [1.29, 1.82) is 0 Å². The number of aryl methyl sites for hydroxylation is 1. The molecule has 1 saturated heterocycles. The van der Waals surface area contributed by atoms with E-state index >= 15 is 0 Å². The van der Waals surface area contributed by atoms with Gasteiger partial charge in [0.2, 0.25) is 0 Å². The number of fused-ring (bicyclic) bond motifs is 4. The number of carbonyl (C=O) groups excluding carboxylic acids is 3. The third-order valence-corrected chi connectivity index (χ3v) is 8.77. The summed E-state index contributed by atoms with van der Waals surface area (Å²) in [6.45, 7) is 2.03. The molecule has 7 nitrogen and oxygen atoms in total. The molecular formula is C33H32N4O3. The Labute approximate surface area is 233 Å². The number of benzene rings is 3. The first kappa shape index (κ1) is 24.6. The number of amides is 4. The van der Waals surface area contributed by atoms with Crippen LogP contribution in [0.2, 0.25) is 0 Å². The Bertz CT molecular complexity index is 1630. The number of urea groups is 1. The maximum atomic E-state index is 14.3. The zero-order chi connectivity index (χ0) is 27.4. The molecule has 1 aliphatic carbocycles. The number of aromatic amines is 1. The molecule has 2 aliphatic heterocycles. The van der Waals surface area contributed by atoms with Crippen molar-refractivity contribution >= 4 is 34.4 Å². The van der Waals surface area contributed by atoms with Gasteiger partial charge in [0.15, 0.2) is 0 Å². The Morgan fingerprint density at radius 3 is 2.42 bits per heavy atom. The van der Waals surface area contributed by atoms with Crippen LogP contribution in [-0.4, -0.2) is 39.8 Å². The standard InChI is InChI=1S/C33H32N4O3/c1-20-15-17-21(18-16-20)30-29-25(23-11-5-7-13-26(23)35-29)19-28-32(39)37(33(40)36(28)30)27-14-8-6-12-24(27)31(38)34-22-9-3-2-4-10-22/h5-8,11-18,22,28,30,35H,2-4,9-10,19H2,1H3,(H,34,38). The zero-order valence-corrected chi connectivity index (χ0v) is 22.5. The van der Waals surface area contributed by atoms with Gasteiger partial charge in [0, 0.05) is 29.1 Å². The summed E-state index contributed by atoms with van der Waals surface area (Å²) in [5.41, 5.74) is 5.75. The van der Waals surface area contributed by atoms with Crippen LogP contribution in [0.5, 0.6) is 0 Å². The number of carbonyl (C=O) groups is 3. The molecule has 2 fully saturated rings. The highest BCUT2D eigenvalue weighted by Crippen LogP contribution is 2.45. The van der Waals surface area contributed by atoms with Gasteiger partial charge in [-0.05, 0) is 49.1 Å². The molecule has 2 N–H and O–H groups in total. The number of para-hydroxylation sites is 2. The van der Waals surface area contributed by atoms with E-state index in [1.807, 2.05) is 49.4 Å². The SMILES string of the molecule is Cc1ccc(C2c3[nH]c4ccccc4c3CC3C(=O)N(c4ccccc4C(=O)NC4CCCCC4)C(=O)N32)cc1. The smallest absolute Gasteiger partial charge is 0.332 e. The second-order valence-electron chi connectivity index (χ2n) is 11.3. The summed E-state index contributed by atoms with van der Waals surface area (Å²) in [5.74, 6) is -0.532. The molecule has 3 heterocycles. The van der Waals surface area contributed by atoms with Crippen molar-refractivity contribution in [1.82, 2.24) is 15.2 Å². The van der Waals surface area contributed by atoms with E-state index in [1.165, 1.54) is 11.3 Å². The third-order valence-electron chi connectivity index (χ3n) is 8.77. The molecule has 4 aromatic rings. The van der Waals surface area contributed by atoms with Crippen molar-refractivity contribution in [3.05, 3.63) is 101 Å². The quantitative estimate of drug-likeness (QED) is 0.315. The minimum atomic E-state index is -0.667. The van der Waals surface area contributed by atoms with Crippen molar-refractivity contribution in [2.24, 2.45) is 0 Å². The lowest BCUT2D eigenvalue weighted by Crippen LogP contribution is -2.44. The number of hydrogen-bond donors (Lipinski definition) is 2. The number of aromatic nitrogens is 1. The van der Waals surface area contributed by atoms with Crippen LogP contribution in [-0.2, 0) is 11.2 Å². The second-order valence-corrected chi connectivity index (χ2v) is 11.3. The Morgan fingerprint density at radius 1 is 0.900 bits per heavy atom. The minimum Gasteiger partial charge on any atom is -0.356 e. The number of rotatable bonds is 4. The number of nitrogens with zero attached hydrogens (tertiary/aromatic N) is 2. The fourth-order valence-electron chi connectivity index (χ4n) is 6.76. The van der Waals surface area contributed by atoms with E-state index in [4.69, 9.17) is 0 Å².